The van der Waals surface area contributed by atoms with Crippen molar-refractivity contribution in [3.05, 3.63) is 59.7 Å². The molecule has 1 amide bonds. The summed E-state index contributed by atoms with van der Waals surface area (Å²) in [5.41, 5.74) is 2.57. The van der Waals surface area contributed by atoms with Crippen molar-refractivity contribution in [2.45, 2.75) is 58.8 Å². The largest absolute Gasteiger partial charge is 0.491 e. The lowest BCUT2D eigenvalue weighted by atomic mass is 10.00. The van der Waals surface area contributed by atoms with E-state index >= 15 is 0 Å². The van der Waals surface area contributed by atoms with E-state index in [-0.39, 0.29) is 18.2 Å². The summed E-state index contributed by atoms with van der Waals surface area (Å²) in [5, 5.41) is 11.9. The Bertz CT molecular complexity index is 819. The molecule has 2 aromatic rings. The molecule has 2 aromatic carbocycles. The van der Waals surface area contributed by atoms with Crippen LogP contribution >= 0.6 is 0 Å². The minimum absolute atomic E-state index is 0.102. The molecule has 0 bridgehead atoms. The van der Waals surface area contributed by atoms with E-state index in [1.54, 1.807) is 0 Å². The summed E-state index contributed by atoms with van der Waals surface area (Å²) in [4.78, 5) is 23.7. The third-order valence-corrected chi connectivity index (χ3v) is 5.16. The summed E-state index contributed by atoms with van der Waals surface area (Å²) in [6.45, 7) is 6.77. The summed E-state index contributed by atoms with van der Waals surface area (Å²) in [7, 11) is 0. The van der Waals surface area contributed by atoms with Crippen LogP contribution in [0.2, 0.25) is 0 Å². The average Bonchev–Trinajstić information content (AvgIpc) is 2.73. The third kappa shape index (κ3) is 7.54. The Balaban J connectivity index is 2.16. The number of rotatable bonds is 12. The van der Waals surface area contributed by atoms with E-state index in [0.717, 1.165) is 24.0 Å². The molecule has 0 aliphatic heterocycles. The van der Waals surface area contributed by atoms with Gasteiger partial charge >= 0.3 is 5.97 Å². The van der Waals surface area contributed by atoms with Crippen LogP contribution in [0.4, 0.5) is 5.69 Å². The third-order valence-electron chi connectivity index (χ3n) is 5.16. The number of hydrogen-bond donors (Lipinski definition) is 2. The lowest BCUT2D eigenvalue weighted by Crippen LogP contribution is -2.20. The number of ether oxygens (including phenoxy) is 1. The molecular formula is C25H33NO4. The monoisotopic (exact) mass is 411 g/mol. The van der Waals surface area contributed by atoms with Crippen molar-refractivity contribution >= 4 is 17.6 Å². The van der Waals surface area contributed by atoms with Gasteiger partial charge in [0.05, 0.1) is 18.2 Å². The molecule has 2 N–H and O–H groups in total. The Labute approximate surface area is 179 Å². The summed E-state index contributed by atoms with van der Waals surface area (Å²) in [5.74, 6) is -0.125. The smallest absolute Gasteiger partial charge is 0.303 e. The van der Waals surface area contributed by atoms with Crippen molar-refractivity contribution in [2.24, 2.45) is 5.92 Å². The highest BCUT2D eigenvalue weighted by molar-refractivity contribution is 5.96. The molecule has 2 rings (SSSR count). The number of benzene rings is 2. The number of amides is 1. The summed E-state index contributed by atoms with van der Waals surface area (Å²) >= 11 is 0. The first kappa shape index (κ1) is 23.5. The Morgan fingerprint density at radius 2 is 1.83 bits per heavy atom. The summed E-state index contributed by atoms with van der Waals surface area (Å²) in [6.07, 6.45) is 3.50. The van der Waals surface area contributed by atoms with Crippen molar-refractivity contribution in [3.8, 4) is 5.75 Å². The molecule has 30 heavy (non-hydrogen) atoms. The predicted octanol–water partition coefficient (Wildman–Crippen LogP) is 5.65. The quantitative estimate of drug-likeness (QED) is 0.473. The van der Waals surface area contributed by atoms with Crippen LogP contribution in [0.3, 0.4) is 0 Å². The fraction of sp³-hybridized carbons (Fsp3) is 0.440. The van der Waals surface area contributed by atoms with Crippen LogP contribution in [-0.2, 0) is 16.0 Å². The van der Waals surface area contributed by atoms with E-state index in [0.29, 0.717) is 36.8 Å². The molecule has 0 saturated heterocycles. The molecule has 0 aromatic heterocycles. The van der Waals surface area contributed by atoms with Crippen LogP contribution in [-0.4, -0.2) is 23.6 Å². The number of carbonyl (C=O) groups excluding carboxylic acids is 1. The van der Waals surface area contributed by atoms with Gasteiger partial charge in [0.1, 0.15) is 5.75 Å². The molecule has 0 saturated carbocycles. The first-order valence-corrected chi connectivity index (χ1v) is 10.7. The molecule has 0 aliphatic carbocycles. The van der Waals surface area contributed by atoms with Gasteiger partial charge in [-0.15, -0.1) is 0 Å². The maximum absolute atomic E-state index is 12.9. The Kier molecular flexibility index (Phi) is 9.39. The van der Waals surface area contributed by atoms with E-state index in [1.807, 2.05) is 55.5 Å². The molecule has 2 atom stereocenters. The second-order valence-corrected chi connectivity index (χ2v) is 7.90. The number of hydrogen-bond acceptors (Lipinski definition) is 3. The van der Waals surface area contributed by atoms with Gasteiger partial charge in [0.25, 0.3) is 0 Å². The van der Waals surface area contributed by atoms with Crippen LogP contribution in [0.1, 0.15) is 63.5 Å². The van der Waals surface area contributed by atoms with E-state index in [4.69, 9.17) is 9.84 Å². The van der Waals surface area contributed by atoms with Crippen LogP contribution in [0.15, 0.2) is 48.5 Å². The maximum atomic E-state index is 12.9. The highest BCUT2D eigenvalue weighted by Crippen LogP contribution is 2.29. The number of nitrogens with one attached hydrogen (secondary N) is 1. The van der Waals surface area contributed by atoms with E-state index in [9.17, 15) is 9.59 Å². The zero-order chi connectivity index (χ0) is 21.9. The van der Waals surface area contributed by atoms with Gasteiger partial charge in [-0.3, -0.25) is 9.59 Å². The van der Waals surface area contributed by atoms with Crippen molar-refractivity contribution in [2.75, 3.05) is 11.9 Å². The molecular weight excluding hydrogens is 378 g/mol. The van der Waals surface area contributed by atoms with E-state index in [2.05, 4.69) is 19.2 Å². The SMILES string of the molecule is CCC[C@@H](C)COc1ccc(CCCC(=O)O)cc1NC(=O)C(C)c1ccccc1. The Morgan fingerprint density at radius 1 is 1.10 bits per heavy atom. The van der Waals surface area contributed by atoms with Gasteiger partial charge in [-0.25, -0.2) is 0 Å². The van der Waals surface area contributed by atoms with Crippen LogP contribution < -0.4 is 10.1 Å². The topological polar surface area (TPSA) is 75.6 Å². The number of anilines is 1. The van der Waals surface area contributed by atoms with Gasteiger partial charge in [-0.1, -0.05) is 56.7 Å². The van der Waals surface area contributed by atoms with Crippen molar-refractivity contribution in [1.29, 1.82) is 0 Å². The van der Waals surface area contributed by atoms with Gasteiger partial charge in [-0.2, -0.15) is 0 Å². The van der Waals surface area contributed by atoms with E-state index < -0.39 is 5.97 Å². The Hall–Kier alpha value is -2.82. The standard InChI is InChI=1S/C25H33NO4/c1-4-9-18(2)17-30-23-15-14-20(10-8-13-24(27)28)16-22(23)26-25(29)19(3)21-11-6-5-7-12-21/h5-7,11-12,14-16,18-19H,4,8-10,13,17H2,1-3H3,(H,26,29)(H,27,28)/t18-,19?/m1/s1. The van der Waals surface area contributed by atoms with Gasteiger partial charge in [0.15, 0.2) is 0 Å². The molecule has 0 spiro atoms. The number of carboxylic acids is 1. The average molecular weight is 412 g/mol. The second-order valence-electron chi connectivity index (χ2n) is 7.90. The fourth-order valence-electron chi connectivity index (χ4n) is 3.34. The molecule has 0 heterocycles. The van der Waals surface area contributed by atoms with Crippen molar-refractivity contribution in [3.63, 3.8) is 0 Å². The zero-order valence-corrected chi connectivity index (χ0v) is 18.2. The zero-order valence-electron chi connectivity index (χ0n) is 18.2. The minimum atomic E-state index is -0.801. The normalized spacial score (nSPS) is 12.8. The maximum Gasteiger partial charge on any atom is 0.303 e. The summed E-state index contributed by atoms with van der Waals surface area (Å²) in [6, 6.07) is 15.4. The van der Waals surface area contributed by atoms with Crippen LogP contribution in [0.5, 0.6) is 5.75 Å². The van der Waals surface area contributed by atoms with E-state index in [1.165, 1.54) is 0 Å². The number of carboxylic acid groups (broad SMARTS) is 1. The molecule has 1 unspecified atom stereocenters. The molecule has 5 nitrogen and oxygen atoms in total. The highest BCUT2D eigenvalue weighted by Gasteiger charge is 2.17. The molecule has 0 radical (unpaired) electrons. The van der Waals surface area contributed by atoms with Crippen molar-refractivity contribution in [1.82, 2.24) is 0 Å². The lowest BCUT2D eigenvalue weighted by molar-refractivity contribution is -0.137. The van der Waals surface area contributed by atoms with Crippen molar-refractivity contribution < 1.29 is 19.4 Å². The van der Waals surface area contributed by atoms with Crippen LogP contribution in [0, 0.1) is 5.92 Å². The molecule has 0 fully saturated rings. The molecule has 162 valence electrons. The molecule has 5 heteroatoms. The van der Waals surface area contributed by atoms with Gasteiger partial charge in [0.2, 0.25) is 5.91 Å². The fourth-order valence-corrected chi connectivity index (χ4v) is 3.34. The van der Waals surface area contributed by atoms with Gasteiger partial charge in [0, 0.05) is 6.42 Å². The Morgan fingerprint density at radius 3 is 2.50 bits per heavy atom. The summed E-state index contributed by atoms with van der Waals surface area (Å²) < 4.78 is 6.03. The minimum Gasteiger partial charge on any atom is -0.491 e. The number of aliphatic carboxylic acids is 1. The predicted molar refractivity (Wildman–Crippen MR) is 120 cm³/mol. The lowest BCUT2D eigenvalue weighted by Gasteiger charge is -2.18. The number of carbonyl (C=O) groups is 2. The second kappa shape index (κ2) is 12.0. The van der Waals surface area contributed by atoms with Gasteiger partial charge in [-0.05, 0) is 55.4 Å². The van der Waals surface area contributed by atoms with Gasteiger partial charge < -0.3 is 15.2 Å². The van der Waals surface area contributed by atoms with Crippen LogP contribution in [0.25, 0.3) is 0 Å². The first-order chi connectivity index (χ1) is 14.4. The first-order valence-electron chi connectivity index (χ1n) is 10.7. The number of aryl methyl sites for hydroxylation is 1. The highest BCUT2D eigenvalue weighted by atomic mass is 16.5. The molecule has 0 aliphatic rings.